The molecule has 3 rings (SSSR count). The molecule has 0 bridgehead atoms. The summed E-state index contributed by atoms with van der Waals surface area (Å²) < 4.78 is 1.14. The van der Waals surface area contributed by atoms with Crippen molar-refractivity contribution < 1.29 is 4.79 Å². The maximum absolute atomic E-state index is 12.3. The van der Waals surface area contributed by atoms with Crippen molar-refractivity contribution in [2.24, 2.45) is 0 Å². The number of anilines is 2. The van der Waals surface area contributed by atoms with Crippen molar-refractivity contribution in [3.63, 3.8) is 0 Å². The van der Waals surface area contributed by atoms with Crippen LogP contribution in [0.3, 0.4) is 0 Å². The zero-order valence-electron chi connectivity index (χ0n) is 14.4. The first-order valence-electron chi connectivity index (χ1n) is 8.53. The number of hydrogen-bond acceptors (Lipinski definition) is 5. The second-order valence-electron chi connectivity index (χ2n) is 6.16. The lowest BCUT2D eigenvalue weighted by molar-refractivity contribution is -0.117. The zero-order chi connectivity index (χ0) is 18.4. The standard InChI is InChI=1S/C19H20IN5O/c20-16-4-6-17(7-5-16)23-18(26)14-24-9-2-10-25(12-11-24)19-15(13-21)3-1-8-22-19/h1,3-8H,2,9-12,14H2,(H,23,26). The summed E-state index contributed by atoms with van der Waals surface area (Å²) in [6.07, 6.45) is 2.64. The Morgan fingerprint density at radius 2 is 2.00 bits per heavy atom. The third-order valence-electron chi connectivity index (χ3n) is 4.29. The van der Waals surface area contributed by atoms with E-state index < -0.39 is 0 Å². The molecule has 1 N–H and O–H groups in total. The van der Waals surface area contributed by atoms with Gasteiger partial charge in [-0.1, -0.05) is 0 Å². The second kappa shape index (κ2) is 8.96. The number of aromatic nitrogens is 1. The molecule has 0 spiro atoms. The molecule has 0 unspecified atom stereocenters. The van der Waals surface area contributed by atoms with Gasteiger partial charge in [-0.3, -0.25) is 9.69 Å². The molecule has 1 fully saturated rings. The number of nitrogens with zero attached hydrogens (tertiary/aromatic N) is 4. The van der Waals surface area contributed by atoms with Crippen molar-refractivity contribution in [1.82, 2.24) is 9.88 Å². The fourth-order valence-electron chi connectivity index (χ4n) is 3.01. The number of hydrogen-bond donors (Lipinski definition) is 1. The van der Waals surface area contributed by atoms with Crippen LogP contribution in [0.15, 0.2) is 42.6 Å². The van der Waals surface area contributed by atoms with Crippen molar-refractivity contribution >= 4 is 40.0 Å². The topological polar surface area (TPSA) is 72.3 Å². The predicted octanol–water partition coefficient (Wildman–Crippen LogP) is 2.71. The van der Waals surface area contributed by atoms with Gasteiger partial charge in [0.05, 0.1) is 12.1 Å². The Bertz CT molecular complexity index is 802. The highest BCUT2D eigenvalue weighted by molar-refractivity contribution is 14.1. The summed E-state index contributed by atoms with van der Waals surface area (Å²) in [4.78, 5) is 21.0. The molecule has 2 aromatic rings. The first-order chi connectivity index (χ1) is 12.7. The van der Waals surface area contributed by atoms with Crippen molar-refractivity contribution in [1.29, 1.82) is 5.26 Å². The summed E-state index contributed by atoms with van der Waals surface area (Å²) in [5.74, 6) is 0.732. The van der Waals surface area contributed by atoms with Crippen LogP contribution in [0.25, 0.3) is 0 Å². The van der Waals surface area contributed by atoms with Gasteiger partial charge in [-0.25, -0.2) is 4.98 Å². The Morgan fingerprint density at radius 1 is 1.19 bits per heavy atom. The summed E-state index contributed by atoms with van der Waals surface area (Å²) in [5, 5.41) is 12.2. The molecule has 1 aromatic carbocycles. The number of benzene rings is 1. The van der Waals surface area contributed by atoms with E-state index in [1.807, 2.05) is 24.3 Å². The molecule has 1 saturated heterocycles. The van der Waals surface area contributed by atoms with E-state index in [-0.39, 0.29) is 5.91 Å². The van der Waals surface area contributed by atoms with Gasteiger partial charge in [-0.15, -0.1) is 0 Å². The molecular weight excluding hydrogens is 441 g/mol. The van der Waals surface area contributed by atoms with Crippen molar-refractivity contribution in [3.8, 4) is 6.07 Å². The normalized spacial score (nSPS) is 15.2. The minimum atomic E-state index is -0.00444. The van der Waals surface area contributed by atoms with Crippen LogP contribution in [0.2, 0.25) is 0 Å². The lowest BCUT2D eigenvalue weighted by Gasteiger charge is -2.23. The number of amides is 1. The monoisotopic (exact) mass is 461 g/mol. The lowest BCUT2D eigenvalue weighted by Crippen LogP contribution is -2.36. The van der Waals surface area contributed by atoms with E-state index >= 15 is 0 Å². The Balaban J connectivity index is 1.56. The van der Waals surface area contributed by atoms with Gasteiger partial charge in [0.2, 0.25) is 5.91 Å². The van der Waals surface area contributed by atoms with E-state index in [0.717, 1.165) is 47.7 Å². The van der Waals surface area contributed by atoms with E-state index in [0.29, 0.717) is 12.1 Å². The van der Waals surface area contributed by atoms with Crippen LogP contribution in [-0.2, 0) is 4.79 Å². The smallest absolute Gasteiger partial charge is 0.238 e. The molecule has 7 heteroatoms. The molecule has 2 heterocycles. The van der Waals surface area contributed by atoms with Crippen LogP contribution in [0, 0.1) is 14.9 Å². The fraction of sp³-hybridized carbons (Fsp3) is 0.316. The van der Waals surface area contributed by atoms with E-state index in [2.05, 4.69) is 48.8 Å². The molecular formula is C19H20IN5O. The summed E-state index contributed by atoms with van der Waals surface area (Å²) in [5.41, 5.74) is 1.41. The fourth-order valence-corrected chi connectivity index (χ4v) is 3.37. The van der Waals surface area contributed by atoms with Crippen molar-refractivity contribution in [3.05, 3.63) is 51.7 Å². The van der Waals surface area contributed by atoms with Gasteiger partial charge >= 0.3 is 0 Å². The van der Waals surface area contributed by atoms with Crippen LogP contribution in [0.1, 0.15) is 12.0 Å². The van der Waals surface area contributed by atoms with E-state index in [4.69, 9.17) is 0 Å². The summed E-state index contributed by atoms with van der Waals surface area (Å²) >= 11 is 2.24. The average molecular weight is 461 g/mol. The van der Waals surface area contributed by atoms with Crippen molar-refractivity contribution in [2.75, 3.05) is 42.9 Å². The first kappa shape index (κ1) is 18.6. The molecule has 1 aliphatic heterocycles. The molecule has 0 saturated carbocycles. The van der Waals surface area contributed by atoms with E-state index in [1.54, 1.807) is 18.3 Å². The molecule has 26 heavy (non-hydrogen) atoms. The molecule has 1 aromatic heterocycles. The Hall–Kier alpha value is -2.18. The highest BCUT2D eigenvalue weighted by Gasteiger charge is 2.19. The molecule has 0 aliphatic carbocycles. The van der Waals surface area contributed by atoms with Gasteiger partial charge in [-0.05, 0) is 65.4 Å². The van der Waals surface area contributed by atoms with Crippen molar-refractivity contribution in [2.45, 2.75) is 6.42 Å². The van der Waals surface area contributed by atoms with Gasteiger partial charge in [-0.2, -0.15) is 5.26 Å². The first-order valence-corrected chi connectivity index (χ1v) is 9.61. The van der Waals surface area contributed by atoms with E-state index in [1.165, 1.54) is 0 Å². The molecule has 6 nitrogen and oxygen atoms in total. The Labute approximate surface area is 167 Å². The zero-order valence-corrected chi connectivity index (χ0v) is 16.5. The maximum atomic E-state index is 12.3. The minimum Gasteiger partial charge on any atom is -0.354 e. The van der Waals surface area contributed by atoms with E-state index in [9.17, 15) is 10.1 Å². The van der Waals surface area contributed by atoms with Gasteiger partial charge < -0.3 is 10.2 Å². The molecule has 0 radical (unpaired) electrons. The number of pyridine rings is 1. The molecule has 0 atom stereocenters. The summed E-state index contributed by atoms with van der Waals surface area (Å²) in [7, 11) is 0. The Morgan fingerprint density at radius 3 is 2.77 bits per heavy atom. The maximum Gasteiger partial charge on any atom is 0.238 e. The number of rotatable bonds is 4. The quantitative estimate of drug-likeness (QED) is 0.710. The number of nitriles is 1. The van der Waals surface area contributed by atoms with Gasteiger partial charge in [0.1, 0.15) is 11.9 Å². The van der Waals surface area contributed by atoms with Gasteiger partial charge in [0.15, 0.2) is 0 Å². The average Bonchev–Trinajstić information content (AvgIpc) is 2.89. The largest absolute Gasteiger partial charge is 0.354 e. The number of carbonyl (C=O) groups excluding carboxylic acids is 1. The summed E-state index contributed by atoms with van der Waals surface area (Å²) in [6, 6.07) is 13.5. The van der Waals surface area contributed by atoms with Crippen LogP contribution in [-0.4, -0.2) is 48.5 Å². The SMILES string of the molecule is N#Cc1cccnc1N1CCCN(CC(=O)Nc2ccc(I)cc2)CC1. The Kier molecular flexibility index (Phi) is 6.41. The van der Waals surface area contributed by atoms with Crippen LogP contribution in [0.5, 0.6) is 0 Å². The second-order valence-corrected chi connectivity index (χ2v) is 7.40. The minimum absolute atomic E-state index is 0.00444. The van der Waals surface area contributed by atoms with Gasteiger partial charge in [0, 0.05) is 41.6 Å². The predicted molar refractivity (Wildman–Crippen MR) is 110 cm³/mol. The highest BCUT2D eigenvalue weighted by atomic mass is 127. The number of halogens is 1. The number of nitrogens with one attached hydrogen (secondary N) is 1. The van der Waals surface area contributed by atoms with Crippen LogP contribution >= 0.6 is 22.6 Å². The third kappa shape index (κ3) is 4.93. The highest BCUT2D eigenvalue weighted by Crippen LogP contribution is 2.18. The molecule has 134 valence electrons. The van der Waals surface area contributed by atoms with Crippen LogP contribution in [0.4, 0.5) is 11.5 Å². The lowest BCUT2D eigenvalue weighted by atomic mass is 10.2. The molecule has 1 aliphatic rings. The van der Waals surface area contributed by atoms with Gasteiger partial charge in [0.25, 0.3) is 0 Å². The third-order valence-corrected chi connectivity index (χ3v) is 5.01. The summed E-state index contributed by atoms with van der Waals surface area (Å²) in [6.45, 7) is 3.57. The van der Waals surface area contributed by atoms with Crippen LogP contribution < -0.4 is 10.2 Å². The molecule has 1 amide bonds. The number of carbonyl (C=O) groups is 1.